The van der Waals surface area contributed by atoms with E-state index in [-0.39, 0.29) is 12.2 Å². The molecule has 4 aliphatic rings. The molecule has 1 saturated heterocycles. The summed E-state index contributed by atoms with van der Waals surface area (Å²) in [7, 11) is 0. The van der Waals surface area contributed by atoms with Gasteiger partial charge >= 0.3 is 5.24 Å². The summed E-state index contributed by atoms with van der Waals surface area (Å²) in [6, 6.07) is 0. The first kappa shape index (κ1) is 7.13. The summed E-state index contributed by atoms with van der Waals surface area (Å²) in [6.45, 7) is 0. The summed E-state index contributed by atoms with van der Waals surface area (Å²) in [6.07, 6.45) is 5.70. The average Bonchev–Trinajstić information content (AvgIpc) is 2.15. The third kappa shape index (κ3) is 0.954. The van der Waals surface area contributed by atoms with Crippen molar-refractivity contribution in [1.82, 2.24) is 0 Å². The van der Waals surface area contributed by atoms with Crippen molar-refractivity contribution < 1.29 is 9.47 Å². The minimum atomic E-state index is 0.287. The van der Waals surface area contributed by atoms with E-state index in [1.54, 1.807) is 0 Å². The molecule has 0 aromatic heterocycles. The number of hydrogen-bond acceptors (Lipinski definition) is 3. The average molecular weight is 184 g/mol. The third-order valence-corrected chi connectivity index (χ3v) is 3.57. The van der Waals surface area contributed by atoms with Crippen molar-refractivity contribution in [1.29, 1.82) is 0 Å². The lowest BCUT2D eigenvalue weighted by atomic mass is 9.74. The predicted molar refractivity (Wildman–Crippen MR) is 47.8 cm³/mol. The fraction of sp³-hybridized carbons (Fsp3) is 0.889. The molecule has 3 saturated carbocycles. The molecular formula is C9H12O2S. The van der Waals surface area contributed by atoms with E-state index in [4.69, 9.17) is 21.7 Å². The van der Waals surface area contributed by atoms with Gasteiger partial charge in [-0.25, -0.2) is 0 Å². The highest BCUT2D eigenvalue weighted by Crippen LogP contribution is 2.46. The van der Waals surface area contributed by atoms with Gasteiger partial charge in [-0.05, 0) is 37.5 Å². The first-order valence-electron chi connectivity index (χ1n) is 4.68. The van der Waals surface area contributed by atoms with Gasteiger partial charge in [-0.1, -0.05) is 0 Å². The Balaban J connectivity index is 1.80. The van der Waals surface area contributed by atoms with Crippen LogP contribution < -0.4 is 0 Å². The molecule has 0 N–H and O–H groups in total. The molecule has 66 valence electrons. The highest BCUT2D eigenvalue weighted by atomic mass is 32.1. The normalized spacial score (nSPS) is 49.8. The number of ether oxygens (including phenoxy) is 2. The molecule has 0 unspecified atom stereocenters. The zero-order valence-corrected chi connectivity index (χ0v) is 7.68. The van der Waals surface area contributed by atoms with Gasteiger partial charge in [0.1, 0.15) is 12.2 Å². The van der Waals surface area contributed by atoms with E-state index in [1.807, 2.05) is 0 Å². The zero-order valence-electron chi connectivity index (χ0n) is 6.86. The van der Waals surface area contributed by atoms with Crippen LogP contribution in [0.5, 0.6) is 0 Å². The molecule has 4 rings (SSSR count). The van der Waals surface area contributed by atoms with Crippen molar-refractivity contribution >= 4 is 17.5 Å². The minimum Gasteiger partial charge on any atom is -0.450 e. The second-order valence-corrected chi connectivity index (χ2v) is 4.57. The molecule has 0 spiro atoms. The monoisotopic (exact) mass is 184 g/mol. The second-order valence-electron chi connectivity index (χ2n) is 4.24. The van der Waals surface area contributed by atoms with Gasteiger partial charge in [-0.15, -0.1) is 0 Å². The molecule has 2 nitrogen and oxygen atoms in total. The van der Waals surface area contributed by atoms with Gasteiger partial charge in [0.15, 0.2) is 0 Å². The van der Waals surface area contributed by atoms with Crippen LogP contribution in [0.25, 0.3) is 0 Å². The molecule has 0 radical (unpaired) electrons. The third-order valence-electron chi connectivity index (χ3n) is 3.37. The van der Waals surface area contributed by atoms with Crippen LogP contribution in [0.15, 0.2) is 0 Å². The van der Waals surface area contributed by atoms with Crippen LogP contribution >= 0.6 is 12.2 Å². The Morgan fingerprint density at radius 2 is 1.42 bits per heavy atom. The molecule has 0 aromatic carbocycles. The van der Waals surface area contributed by atoms with Crippen molar-refractivity contribution in [2.24, 2.45) is 11.8 Å². The van der Waals surface area contributed by atoms with Crippen LogP contribution in [-0.4, -0.2) is 17.4 Å². The molecule has 3 aliphatic carbocycles. The van der Waals surface area contributed by atoms with Crippen molar-refractivity contribution in [2.45, 2.75) is 37.9 Å². The van der Waals surface area contributed by atoms with E-state index in [0.29, 0.717) is 5.24 Å². The molecule has 12 heavy (non-hydrogen) atoms. The van der Waals surface area contributed by atoms with Crippen molar-refractivity contribution in [3.63, 3.8) is 0 Å². The topological polar surface area (TPSA) is 18.5 Å². The van der Waals surface area contributed by atoms with Crippen LogP contribution in [0.1, 0.15) is 25.7 Å². The Labute approximate surface area is 77.2 Å². The van der Waals surface area contributed by atoms with E-state index in [0.717, 1.165) is 11.8 Å². The van der Waals surface area contributed by atoms with Crippen LogP contribution in [0.4, 0.5) is 0 Å². The lowest BCUT2D eigenvalue weighted by Crippen LogP contribution is -2.22. The van der Waals surface area contributed by atoms with Gasteiger partial charge in [0, 0.05) is 12.2 Å². The molecular weight excluding hydrogens is 172 g/mol. The predicted octanol–water partition coefficient (Wildman–Crippen LogP) is 1.88. The molecule has 4 fully saturated rings. The van der Waals surface area contributed by atoms with Crippen molar-refractivity contribution in [3.8, 4) is 0 Å². The van der Waals surface area contributed by atoms with Gasteiger partial charge in [0.2, 0.25) is 0 Å². The molecule has 1 aliphatic heterocycles. The Bertz CT molecular complexity index is 203. The van der Waals surface area contributed by atoms with E-state index >= 15 is 0 Å². The molecule has 1 heterocycles. The van der Waals surface area contributed by atoms with Gasteiger partial charge in [0.25, 0.3) is 0 Å². The minimum absolute atomic E-state index is 0.287. The summed E-state index contributed by atoms with van der Waals surface area (Å²) in [4.78, 5) is 0. The smallest absolute Gasteiger partial charge is 0.353 e. The maximum atomic E-state index is 5.45. The van der Waals surface area contributed by atoms with E-state index < -0.39 is 0 Å². The molecule has 2 bridgehead atoms. The SMILES string of the molecule is S=C1O[C@H]2CC3CC(C3)C[C@H]2O1. The highest BCUT2D eigenvalue weighted by Gasteiger charge is 2.45. The Hall–Kier alpha value is -0.310. The summed E-state index contributed by atoms with van der Waals surface area (Å²) >= 11 is 4.89. The maximum absolute atomic E-state index is 5.45. The van der Waals surface area contributed by atoms with Gasteiger partial charge < -0.3 is 9.47 Å². The summed E-state index contributed by atoms with van der Waals surface area (Å²) in [5.74, 6) is 1.80. The van der Waals surface area contributed by atoms with Crippen LogP contribution in [0.2, 0.25) is 0 Å². The van der Waals surface area contributed by atoms with Crippen molar-refractivity contribution in [3.05, 3.63) is 0 Å². The fourth-order valence-electron chi connectivity index (χ4n) is 2.74. The molecule has 0 amide bonds. The van der Waals surface area contributed by atoms with E-state index in [2.05, 4.69) is 0 Å². The second kappa shape index (κ2) is 2.34. The van der Waals surface area contributed by atoms with Crippen molar-refractivity contribution in [2.75, 3.05) is 0 Å². The standard InChI is InChI=1S/C9H12O2S/c12-9-10-7-3-5-1-6(2-5)4-8(7)11-9/h5-8H,1-4H2/t5?,6?,7-,8+. The Morgan fingerprint density at radius 1 is 0.917 bits per heavy atom. The number of rotatable bonds is 0. The molecule has 2 atom stereocenters. The largest absolute Gasteiger partial charge is 0.450 e. The maximum Gasteiger partial charge on any atom is 0.353 e. The highest BCUT2D eigenvalue weighted by molar-refractivity contribution is 7.79. The fourth-order valence-corrected chi connectivity index (χ4v) is 2.99. The van der Waals surface area contributed by atoms with Gasteiger partial charge in [0.05, 0.1) is 0 Å². The van der Waals surface area contributed by atoms with E-state index in [9.17, 15) is 0 Å². The van der Waals surface area contributed by atoms with Gasteiger partial charge in [-0.3, -0.25) is 0 Å². The van der Waals surface area contributed by atoms with Crippen LogP contribution in [-0.2, 0) is 9.47 Å². The van der Waals surface area contributed by atoms with E-state index in [1.165, 1.54) is 25.7 Å². The van der Waals surface area contributed by atoms with Gasteiger partial charge in [-0.2, -0.15) is 0 Å². The summed E-state index contributed by atoms with van der Waals surface area (Å²) < 4.78 is 10.9. The zero-order chi connectivity index (χ0) is 8.13. The number of thiocarbonyl (C=S) groups is 1. The van der Waals surface area contributed by atoms with Crippen LogP contribution in [0, 0.1) is 11.8 Å². The number of hydrogen-bond donors (Lipinski definition) is 0. The first-order valence-corrected chi connectivity index (χ1v) is 5.09. The summed E-state index contributed by atoms with van der Waals surface area (Å²) in [5, 5.41) is 0.381. The van der Waals surface area contributed by atoms with Crippen LogP contribution in [0.3, 0.4) is 0 Å². The Morgan fingerprint density at radius 3 is 1.92 bits per heavy atom. The lowest BCUT2D eigenvalue weighted by Gasteiger charge is -2.32. The lowest BCUT2D eigenvalue weighted by molar-refractivity contribution is 0.146. The molecule has 3 heteroatoms. The summed E-state index contributed by atoms with van der Waals surface area (Å²) in [5.41, 5.74) is 0. The quantitative estimate of drug-likeness (QED) is 0.535. The first-order chi connectivity index (χ1) is 5.81. The molecule has 0 aromatic rings. The Kier molecular flexibility index (Phi) is 1.39.